The van der Waals surface area contributed by atoms with Crippen LogP contribution in [0.25, 0.3) is 0 Å². The topological polar surface area (TPSA) is 34.1 Å². The van der Waals surface area contributed by atoms with Crippen LogP contribution in [-0.2, 0) is 9.59 Å². The minimum atomic E-state index is -0.274. The second kappa shape index (κ2) is 5.86. The first kappa shape index (κ1) is 13.0. The van der Waals surface area contributed by atoms with Gasteiger partial charge in [-0.1, -0.05) is 6.92 Å². The van der Waals surface area contributed by atoms with E-state index in [-0.39, 0.29) is 22.3 Å². The Kier molecular flexibility index (Phi) is 5.07. The summed E-state index contributed by atoms with van der Waals surface area (Å²) >= 11 is 11.0. The van der Waals surface area contributed by atoms with Crippen LogP contribution < -0.4 is 0 Å². The van der Waals surface area contributed by atoms with Gasteiger partial charge in [0.2, 0.25) is 10.5 Å². The number of carbonyl (C=O) groups excluding carboxylic acids is 2. The molecule has 0 aliphatic heterocycles. The van der Waals surface area contributed by atoms with Crippen LogP contribution in [0.1, 0.15) is 39.0 Å². The van der Waals surface area contributed by atoms with E-state index >= 15 is 0 Å². The molecule has 1 aliphatic rings. The maximum absolute atomic E-state index is 11.1. The standard InChI is InChI=1S/C11H16Cl2O2/c1-7-2-3-8(10(12)14)4-5-9(6-7)11(13)15/h7-9H,2-6H2,1H3. The minimum absolute atomic E-state index is 0.0899. The summed E-state index contributed by atoms with van der Waals surface area (Å²) < 4.78 is 0. The summed E-state index contributed by atoms with van der Waals surface area (Å²) in [7, 11) is 0. The maximum atomic E-state index is 11.1. The zero-order chi connectivity index (χ0) is 11.4. The number of rotatable bonds is 2. The highest BCUT2D eigenvalue weighted by Gasteiger charge is 2.26. The Balaban J connectivity index is 2.61. The van der Waals surface area contributed by atoms with Crippen molar-refractivity contribution in [3.05, 3.63) is 0 Å². The lowest BCUT2D eigenvalue weighted by molar-refractivity contribution is -0.118. The summed E-state index contributed by atoms with van der Waals surface area (Å²) in [5.74, 6) is 0.255. The van der Waals surface area contributed by atoms with E-state index in [0.29, 0.717) is 18.8 Å². The predicted molar refractivity (Wildman–Crippen MR) is 60.9 cm³/mol. The maximum Gasteiger partial charge on any atom is 0.224 e. The molecule has 0 radical (unpaired) electrons. The zero-order valence-electron chi connectivity index (χ0n) is 8.84. The lowest BCUT2D eigenvalue weighted by Gasteiger charge is -2.24. The molecule has 0 heterocycles. The van der Waals surface area contributed by atoms with E-state index in [2.05, 4.69) is 6.92 Å². The molecular weight excluding hydrogens is 235 g/mol. The van der Waals surface area contributed by atoms with E-state index in [9.17, 15) is 9.59 Å². The van der Waals surface area contributed by atoms with E-state index < -0.39 is 0 Å². The molecule has 3 unspecified atom stereocenters. The smallest absolute Gasteiger partial charge is 0.224 e. The molecule has 0 saturated heterocycles. The summed E-state index contributed by atoms with van der Waals surface area (Å²) in [6.07, 6.45) is 4.01. The fourth-order valence-electron chi connectivity index (χ4n) is 2.19. The van der Waals surface area contributed by atoms with E-state index in [1.807, 2.05) is 0 Å². The molecule has 86 valence electrons. The van der Waals surface area contributed by atoms with Crippen LogP contribution in [0.15, 0.2) is 0 Å². The molecule has 1 fully saturated rings. The van der Waals surface area contributed by atoms with Crippen molar-refractivity contribution in [2.24, 2.45) is 17.8 Å². The summed E-state index contributed by atoms with van der Waals surface area (Å²) in [5.41, 5.74) is 0. The average Bonchev–Trinajstić information content (AvgIpc) is 2.10. The van der Waals surface area contributed by atoms with E-state index in [0.717, 1.165) is 19.3 Å². The van der Waals surface area contributed by atoms with Crippen LogP contribution in [-0.4, -0.2) is 10.5 Å². The first-order valence-electron chi connectivity index (χ1n) is 5.39. The Bertz CT molecular complexity index is 253. The van der Waals surface area contributed by atoms with Crippen molar-refractivity contribution < 1.29 is 9.59 Å². The molecule has 0 aromatic carbocycles. The van der Waals surface area contributed by atoms with Gasteiger partial charge in [-0.3, -0.25) is 9.59 Å². The van der Waals surface area contributed by atoms with Gasteiger partial charge in [-0.05, 0) is 61.2 Å². The fourth-order valence-corrected chi connectivity index (χ4v) is 2.60. The van der Waals surface area contributed by atoms with Crippen molar-refractivity contribution in [3.8, 4) is 0 Å². The zero-order valence-corrected chi connectivity index (χ0v) is 10.4. The Hall–Kier alpha value is -0.0800. The van der Waals surface area contributed by atoms with Crippen molar-refractivity contribution in [1.29, 1.82) is 0 Å². The van der Waals surface area contributed by atoms with Crippen molar-refractivity contribution in [2.45, 2.75) is 39.0 Å². The second-order valence-corrected chi connectivity index (χ2v) is 5.24. The molecule has 0 aromatic heterocycles. The Labute approximate surface area is 100 Å². The largest absolute Gasteiger partial charge is 0.281 e. The Morgan fingerprint density at radius 1 is 0.933 bits per heavy atom. The molecular formula is C11H16Cl2O2. The van der Waals surface area contributed by atoms with Crippen molar-refractivity contribution >= 4 is 33.7 Å². The van der Waals surface area contributed by atoms with Gasteiger partial charge >= 0.3 is 0 Å². The van der Waals surface area contributed by atoms with E-state index in [1.165, 1.54) is 0 Å². The fraction of sp³-hybridized carbons (Fsp3) is 0.818. The molecule has 2 nitrogen and oxygen atoms in total. The number of carbonyl (C=O) groups is 2. The average molecular weight is 251 g/mol. The minimum Gasteiger partial charge on any atom is -0.281 e. The molecule has 1 rings (SSSR count). The molecule has 1 saturated carbocycles. The van der Waals surface area contributed by atoms with Crippen molar-refractivity contribution in [2.75, 3.05) is 0 Å². The molecule has 0 bridgehead atoms. The monoisotopic (exact) mass is 250 g/mol. The van der Waals surface area contributed by atoms with Crippen LogP contribution in [0.2, 0.25) is 0 Å². The second-order valence-electron chi connectivity index (χ2n) is 4.50. The predicted octanol–water partition coefficient (Wildman–Crippen LogP) is 3.35. The third kappa shape index (κ3) is 4.12. The Morgan fingerprint density at radius 2 is 1.40 bits per heavy atom. The van der Waals surface area contributed by atoms with Crippen LogP contribution >= 0.6 is 23.2 Å². The molecule has 15 heavy (non-hydrogen) atoms. The summed E-state index contributed by atoms with van der Waals surface area (Å²) in [6.45, 7) is 2.09. The highest BCUT2D eigenvalue weighted by atomic mass is 35.5. The third-order valence-electron chi connectivity index (χ3n) is 3.20. The molecule has 0 aromatic rings. The Morgan fingerprint density at radius 3 is 1.93 bits per heavy atom. The van der Waals surface area contributed by atoms with Crippen LogP contribution in [0.4, 0.5) is 0 Å². The van der Waals surface area contributed by atoms with Gasteiger partial charge < -0.3 is 0 Å². The third-order valence-corrected chi connectivity index (χ3v) is 3.82. The normalized spacial score (nSPS) is 32.9. The number of halogens is 2. The quantitative estimate of drug-likeness (QED) is 0.705. The van der Waals surface area contributed by atoms with Gasteiger partial charge in [0.25, 0.3) is 0 Å². The SMILES string of the molecule is CC1CCC(C(=O)Cl)CCC(C(=O)Cl)C1. The molecule has 0 amide bonds. The molecule has 0 spiro atoms. The lowest BCUT2D eigenvalue weighted by atomic mass is 9.82. The van der Waals surface area contributed by atoms with Gasteiger partial charge in [0.15, 0.2) is 0 Å². The molecule has 3 atom stereocenters. The van der Waals surface area contributed by atoms with E-state index in [4.69, 9.17) is 23.2 Å². The van der Waals surface area contributed by atoms with E-state index in [1.54, 1.807) is 0 Å². The van der Waals surface area contributed by atoms with Crippen molar-refractivity contribution in [1.82, 2.24) is 0 Å². The van der Waals surface area contributed by atoms with Crippen LogP contribution in [0.5, 0.6) is 0 Å². The number of hydrogen-bond donors (Lipinski definition) is 0. The first-order chi connectivity index (χ1) is 7.00. The van der Waals surface area contributed by atoms with Crippen LogP contribution in [0, 0.1) is 17.8 Å². The summed E-state index contributed by atoms with van der Waals surface area (Å²) in [5, 5.41) is -0.547. The van der Waals surface area contributed by atoms with Gasteiger partial charge in [-0.25, -0.2) is 0 Å². The first-order valence-corrected chi connectivity index (χ1v) is 6.15. The highest BCUT2D eigenvalue weighted by molar-refractivity contribution is 6.64. The highest BCUT2D eigenvalue weighted by Crippen LogP contribution is 2.31. The van der Waals surface area contributed by atoms with Gasteiger partial charge in [0.1, 0.15) is 0 Å². The van der Waals surface area contributed by atoms with Gasteiger partial charge in [-0.2, -0.15) is 0 Å². The number of hydrogen-bond acceptors (Lipinski definition) is 2. The molecule has 4 heteroatoms. The molecule has 0 N–H and O–H groups in total. The summed E-state index contributed by atoms with van der Waals surface area (Å²) in [4.78, 5) is 22.2. The summed E-state index contributed by atoms with van der Waals surface area (Å²) in [6, 6.07) is 0. The van der Waals surface area contributed by atoms with Gasteiger partial charge in [0.05, 0.1) is 0 Å². The molecule has 1 aliphatic carbocycles. The van der Waals surface area contributed by atoms with Crippen molar-refractivity contribution in [3.63, 3.8) is 0 Å². The van der Waals surface area contributed by atoms with Crippen LogP contribution in [0.3, 0.4) is 0 Å². The van der Waals surface area contributed by atoms with Gasteiger partial charge in [0, 0.05) is 11.8 Å². The van der Waals surface area contributed by atoms with Gasteiger partial charge in [-0.15, -0.1) is 0 Å². The lowest BCUT2D eigenvalue weighted by Crippen LogP contribution is -2.21.